The first-order valence-electron chi connectivity index (χ1n) is 10.6. The number of fused-ring (bicyclic) bond motifs is 1. The molecule has 10 nitrogen and oxygen atoms in total. The standard InChI is InChI=1S/C23H27N3O7/c1-15(2)23(30)33-14-16(27)13-32-22(29)8-5-11-31-17-9-10-20(21(28)12-17)26-24-18-6-3-4-7-19(18)25-26/h3-4,6-7,9-10,12,15-16,27-28H,5,8,11,13-14H2,1-2H3. The van der Waals surface area contributed by atoms with Crippen molar-refractivity contribution in [3.05, 3.63) is 42.5 Å². The maximum Gasteiger partial charge on any atom is 0.308 e. The van der Waals surface area contributed by atoms with Gasteiger partial charge in [0, 0.05) is 12.5 Å². The van der Waals surface area contributed by atoms with E-state index in [2.05, 4.69) is 10.2 Å². The minimum Gasteiger partial charge on any atom is -0.505 e. The number of aromatic nitrogens is 3. The van der Waals surface area contributed by atoms with E-state index in [4.69, 9.17) is 14.2 Å². The molecule has 0 aliphatic heterocycles. The number of hydrogen-bond donors (Lipinski definition) is 2. The summed E-state index contributed by atoms with van der Waals surface area (Å²) in [6.45, 7) is 3.12. The van der Waals surface area contributed by atoms with Gasteiger partial charge in [-0.15, -0.1) is 15.0 Å². The molecule has 1 atom stereocenters. The molecule has 1 unspecified atom stereocenters. The Balaban J connectivity index is 1.38. The Kier molecular flexibility index (Phi) is 8.20. The van der Waals surface area contributed by atoms with Crippen LogP contribution < -0.4 is 4.74 Å². The van der Waals surface area contributed by atoms with Gasteiger partial charge in [-0.2, -0.15) is 0 Å². The average molecular weight is 457 g/mol. The Hall–Kier alpha value is -3.66. The van der Waals surface area contributed by atoms with E-state index in [1.807, 2.05) is 24.3 Å². The number of aliphatic hydroxyl groups excluding tert-OH is 1. The van der Waals surface area contributed by atoms with Gasteiger partial charge < -0.3 is 24.4 Å². The normalized spacial score (nSPS) is 12.0. The van der Waals surface area contributed by atoms with E-state index in [9.17, 15) is 19.8 Å². The molecule has 33 heavy (non-hydrogen) atoms. The van der Waals surface area contributed by atoms with Crippen molar-refractivity contribution >= 4 is 23.0 Å². The Morgan fingerprint density at radius 2 is 1.70 bits per heavy atom. The van der Waals surface area contributed by atoms with Crippen LogP contribution in [-0.4, -0.2) is 63.1 Å². The van der Waals surface area contributed by atoms with Crippen molar-refractivity contribution in [2.45, 2.75) is 32.8 Å². The number of phenolic OH excluding ortho intramolecular Hbond substituents is 1. The monoisotopic (exact) mass is 457 g/mol. The molecule has 0 spiro atoms. The number of benzene rings is 2. The zero-order chi connectivity index (χ0) is 23.8. The Labute approximate surface area is 190 Å². The van der Waals surface area contributed by atoms with Gasteiger partial charge in [0.25, 0.3) is 0 Å². The molecule has 0 saturated carbocycles. The van der Waals surface area contributed by atoms with Gasteiger partial charge >= 0.3 is 11.9 Å². The van der Waals surface area contributed by atoms with Crippen LogP contribution in [0.5, 0.6) is 11.5 Å². The van der Waals surface area contributed by atoms with Crippen molar-refractivity contribution < 1.29 is 34.0 Å². The van der Waals surface area contributed by atoms with Gasteiger partial charge in [0.15, 0.2) is 0 Å². The summed E-state index contributed by atoms with van der Waals surface area (Å²) >= 11 is 0. The number of esters is 2. The van der Waals surface area contributed by atoms with Crippen molar-refractivity contribution in [2.24, 2.45) is 5.92 Å². The molecule has 0 radical (unpaired) electrons. The van der Waals surface area contributed by atoms with E-state index in [0.29, 0.717) is 28.9 Å². The first-order valence-corrected chi connectivity index (χ1v) is 10.6. The number of rotatable bonds is 11. The van der Waals surface area contributed by atoms with Gasteiger partial charge in [0.2, 0.25) is 0 Å². The van der Waals surface area contributed by atoms with Crippen LogP contribution in [0.25, 0.3) is 16.7 Å². The van der Waals surface area contributed by atoms with Crippen LogP contribution in [0, 0.1) is 5.92 Å². The van der Waals surface area contributed by atoms with Crippen molar-refractivity contribution in [3.63, 3.8) is 0 Å². The van der Waals surface area contributed by atoms with Gasteiger partial charge in [-0.3, -0.25) is 9.59 Å². The van der Waals surface area contributed by atoms with Gasteiger partial charge in [0.05, 0.1) is 12.5 Å². The zero-order valence-electron chi connectivity index (χ0n) is 18.5. The van der Waals surface area contributed by atoms with Crippen LogP contribution in [0.1, 0.15) is 26.7 Å². The molecule has 0 aliphatic rings. The van der Waals surface area contributed by atoms with Gasteiger partial charge in [-0.25, -0.2) is 0 Å². The molecule has 1 heterocycles. The number of aliphatic hydroxyl groups is 1. The summed E-state index contributed by atoms with van der Waals surface area (Å²) in [6.07, 6.45) is -0.602. The largest absolute Gasteiger partial charge is 0.505 e. The molecule has 2 N–H and O–H groups in total. The number of phenols is 1. The molecular weight excluding hydrogens is 430 g/mol. The second kappa shape index (κ2) is 11.3. The summed E-state index contributed by atoms with van der Waals surface area (Å²) in [5, 5.41) is 28.7. The number of aromatic hydroxyl groups is 1. The Bertz CT molecular complexity index is 1060. The first-order chi connectivity index (χ1) is 15.8. The molecule has 176 valence electrons. The van der Waals surface area contributed by atoms with Gasteiger partial charge in [-0.1, -0.05) is 26.0 Å². The molecule has 3 rings (SSSR count). The van der Waals surface area contributed by atoms with Crippen LogP contribution in [0.4, 0.5) is 0 Å². The summed E-state index contributed by atoms with van der Waals surface area (Å²) < 4.78 is 15.4. The summed E-state index contributed by atoms with van der Waals surface area (Å²) in [5.41, 5.74) is 1.85. The molecule has 0 fully saturated rings. The number of carbonyl (C=O) groups excluding carboxylic acids is 2. The van der Waals surface area contributed by atoms with E-state index in [-0.39, 0.29) is 37.9 Å². The fourth-order valence-corrected chi connectivity index (χ4v) is 2.79. The third-order valence-corrected chi connectivity index (χ3v) is 4.57. The highest BCUT2D eigenvalue weighted by Gasteiger charge is 2.14. The second-order valence-corrected chi connectivity index (χ2v) is 7.70. The predicted octanol–water partition coefficient (Wildman–Crippen LogP) is 2.39. The lowest BCUT2D eigenvalue weighted by atomic mass is 10.2. The summed E-state index contributed by atoms with van der Waals surface area (Å²) in [4.78, 5) is 24.5. The van der Waals surface area contributed by atoms with E-state index in [1.165, 1.54) is 10.9 Å². The Morgan fingerprint density at radius 1 is 1.03 bits per heavy atom. The van der Waals surface area contributed by atoms with E-state index in [1.54, 1.807) is 26.0 Å². The third-order valence-electron chi connectivity index (χ3n) is 4.57. The lowest BCUT2D eigenvalue weighted by Gasteiger charge is -2.13. The van der Waals surface area contributed by atoms with Crippen LogP contribution in [0.2, 0.25) is 0 Å². The highest BCUT2D eigenvalue weighted by Crippen LogP contribution is 2.27. The van der Waals surface area contributed by atoms with Crippen LogP contribution in [-0.2, 0) is 19.1 Å². The predicted molar refractivity (Wildman–Crippen MR) is 118 cm³/mol. The molecule has 3 aromatic rings. The first kappa shape index (κ1) is 24.0. The van der Waals surface area contributed by atoms with Gasteiger partial charge in [-0.05, 0) is 30.7 Å². The van der Waals surface area contributed by atoms with Crippen LogP contribution >= 0.6 is 0 Å². The quantitative estimate of drug-likeness (QED) is 0.329. The lowest BCUT2D eigenvalue weighted by molar-refractivity contribution is -0.154. The third kappa shape index (κ3) is 6.91. The summed E-state index contributed by atoms with van der Waals surface area (Å²) in [6, 6.07) is 12.2. The fraction of sp³-hybridized carbons (Fsp3) is 0.391. The molecule has 0 saturated heterocycles. The van der Waals surface area contributed by atoms with Crippen LogP contribution in [0.15, 0.2) is 42.5 Å². The van der Waals surface area contributed by atoms with Crippen molar-refractivity contribution in [1.29, 1.82) is 0 Å². The minimum atomic E-state index is -1.07. The van der Waals surface area contributed by atoms with E-state index in [0.717, 1.165) is 0 Å². The van der Waals surface area contributed by atoms with Gasteiger partial charge in [0.1, 0.15) is 47.5 Å². The summed E-state index contributed by atoms with van der Waals surface area (Å²) in [7, 11) is 0. The summed E-state index contributed by atoms with van der Waals surface area (Å²) in [5.74, 6) is -0.822. The maximum atomic E-state index is 11.8. The molecule has 0 bridgehead atoms. The molecule has 10 heteroatoms. The number of hydrogen-bond acceptors (Lipinski definition) is 9. The molecule has 0 amide bonds. The smallest absolute Gasteiger partial charge is 0.308 e. The molecular formula is C23H27N3O7. The van der Waals surface area contributed by atoms with Crippen LogP contribution in [0.3, 0.4) is 0 Å². The molecule has 0 aliphatic carbocycles. The number of ether oxygens (including phenoxy) is 3. The molecule has 2 aromatic carbocycles. The SMILES string of the molecule is CC(C)C(=O)OCC(O)COC(=O)CCCOc1ccc(-n2nc3ccccc3n2)c(O)c1. The highest BCUT2D eigenvalue weighted by atomic mass is 16.6. The van der Waals surface area contributed by atoms with Crippen molar-refractivity contribution in [2.75, 3.05) is 19.8 Å². The lowest BCUT2D eigenvalue weighted by Crippen LogP contribution is -2.26. The van der Waals surface area contributed by atoms with Crippen molar-refractivity contribution in [1.82, 2.24) is 15.0 Å². The topological polar surface area (TPSA) is 133 Å². The highest BCUT2D eigenvalue weighted by molar-refractivity contribution is 5.73. The average Bonchev–Trinajstić information content (AvgIpc) is 3.22. The minimum absolute atomic E-state index is 0.0422. The number of nitrogens with zero attached hydrogens (tertiary/aromatic N) is 3. The number of carbonyl (C=O) groups is 2. The van der Waals surface area contributed by atoms with E-state index < -0.39 is 18.0 Å². The zero-order valence-corrected chi connectivity index (χ0v) is 18.5. The second-order valence-electron chi connectivity index (χ2n) is 7.70. The maximum absolute atomic E-state index is 11.8. The van der Waals surface area contributed by atoms with E-state index >= 15 is 0 Å². The fourth-order valence-electron chi connectivity index (χ4n) is 2.79. The Morgan fingerprint density at radius 3 is 2.33 bits per heavy atom. The van der Waals surface area contributed by atoms with Crippen molar-refractivity contribution in [3.8, 4) is 17.2 Å². The molecule has 1 aromatic heterocycles.